The summed E-state index contributed by atoms with van der Waals surface area (Å²) in [6.45, 7) is -1.09. The van der Waals surface area contributed by atoms with Gasteiger partial charge in [-0.05, 0) is 12.1 Å². The van der Waals surface area contributed by atoms with E-state index < -0.39 is 43.9 Å². The molecule has 22 heavy (non-hydrogen) atoms. The van der Waals surface area contributed by atoms with Crippen molar-refractivity contribution in [2.45, 2.75) is 30.7 Å². The Hall–Kier alpha value is -1.42. The van der Waals surface area contributed by atoms with Gasteiger partial charge in [0, 0.05) is 5.56 Å². The average molecular weight is 316 g/mol. The van der Waals surface area contributed by atoms with E-state index in [2.05, 4.69) is 0 Å². The van der Waals surface area contributed by atoms with Crippen LogP contribution >= 0.6 is 0 Å². The van der Waals surface area contributed by atoms with Crippen LogP contribution in [-0.4, -0.2) is 70.3 Å². The van der Waals surface area contributed by atoms with Gasteiger partial charge in [-0.25, -0.2) is 0 Å². The minimum Gasteiger partial charge on any atom is -0.504 e. The van der Waals surface area contributed by atoms with Gasteiger partial charge in [0.2, 0.25) is 0 Å². The van der Waals surface area contributed by atoms with E-state index >= 15 is 0 Å². The molecule has 1 saturated heterocycles. The molecule has 0 amide bonds. The van der Waals surface area contributed by atoms with Gasteiger partial charge < -0.3 is 39.7 Å². The standard InChI is InChI=1S/C14H20O8/c1-20-10-4-7(2-3-8(10)17)14-21-11(6-16)12(19)13(22-14)9(18)5-15/h2-4,9,11-19H,5-6H2,1H3/t9-,11+,12-,13-,14+/m1/s1. The highest BCUT2D eigenvalue weighted by molar-refractivity contribution is 5.42. The molecule has 0 radical (unpaired) electrons. The summed E-state index contributed by atoms with van der Waals surface area (Å²) < 4.78 is 15.9. The van der Waals surface area contributed by atoms with Crippen LogP contribution < -0.4 is 4.74 Å². The Morgan fingerprint density at radius 1 is 1.27 bits per heavy atom. The highest BCUT2D eigenvalue weighted by Crippen LogP contribution is 2.35. The monoisotopic (exact) mass is 316 g/mol. The number of rotatable bonds is 5. The molecule has 0 aromatic heterocycles. The fourth-order valence-corrected chi connectivity index (χ4v) is 2.28. The SMILES string of the molecule is COc1cc([C@@H]2O[C@H]([C@H](O)CO)[C@H](O)[C@H](CO)O2)ccc1O. The Bertz CT molecular complexity index is 494. The van der Waals surface area contributed by atoms with Crippen LogP contribution in [-0.2, 0) is 9.47 Å². The Morgan fingerprint density at radius 2 is 2.00 bits per heavy atom. The molecule has 1 aliphatic rings. The summed E-state index contributed by atoms with van der Waals surface area (Å²) in [6.07, 6.45) is -5.72. The first-order valence-electron chi connectivity index (χ1n) is 6.77. The van der Waals surface area contributed by atoms with E-state index in [0.717, 1.165) is 0 Å². The third-order valence-corrected chi connectivity index (χ3v) is 3.52. The van der Waals surface area contributed by atoms with Gasteiger partial charge in [-0.3, -0.25) is 0 Å². The molecule has 1 aromatic carbocycles. The number of ether oxygens (including phenoxy) is 3. The summed E-state index contributed by atoms with van der Waals surface area (Å²) in [5.41, 5.74) is 0.468. The van der Waals surface area contributed by atoms with Crippen molar-refractivity contribution < 1.29 is 39.7 Å². The van der Waals surface area contributed by atoms with Crippen molar-refractivity contribution in [1.82, 2.24) is 0 Å². The molecular weight excluding hydrogens is 296 g/mol. The molecule has 1 aliphatic heterocycles. The first-order valence-corrected chi connectivity index (χ1v) is 6.77. The fourth-order valence-electron chi connectivity index (χ4n) is 2.28. The van der Waals surface area contributed by atoms with Gasteiger partial charge >= 0.3 is 0 Å². The Morgan fingerprint density at radius 3 is 2.59 bits per heavy atom. The summed E-state index contributed by atoms with van der Waals surface area (Å²) in [7, 11) is 1.39. The minimum absolute atomic E-state index is 0.0623. The van der Waals surface area contributed by atoms with Crippen LogP contribution in [0, 0.1) is 0 Å². The lowest BCUT2D eigenvalue weighted by Gasteiger charge is -2.40. The number of aromatic hydroxyl groups is 1. The number of hydrogen-bond acceptors (Lipinski definition) is 8. The van der Waals surface area contributed by atoms with E-state index in [1.165, 1.54) is 25.3 Å². The first-order chi connectivity index (χ1) is 10.5. The summed E-state index contributed by atoms with van der Waals surface area (Å²) in [4.78, 5) is 0. The highest BCUT2D eigenvalue weighted by atomic mass is 16.7. The molecular formula is C14H20O8. The lowest BCUT2D eigenvalue weighted by molar-refractivity contribution is -0.310. The minimum atomic E-state index is -1.32. The van der Waals surface area contributed by atoms with Crippen LogP contribution in [0.1, 0.15) is 11.9 Å². The number of aliphatic hydroxyl groups excluding tert-OH is 4. The van der Waals surface area contributed by atoms with Crippen LogP contribution in [0.4, 0.5) is 0 Å². The molecule has 124 valence electrons. The number of hydrogen-bond donors (Lipinski definition) is 5. The molecule has 1 heterocycles. The smallest absolute Gasteiger partial charge is 0.185 e. The zero-order chi connectivity index (χ0) is 16.3. The molecule has 8 heteroatoms. The van der Waals surface area contributed by atoms with Crippen molar-refractivity contribution >= 4 is 0 Å². The summed E-state index contributed by atoms with van der Waals surface area (Å²) in [5, 5.41) is 47.7. The van der Waals surface area contributed by atoms with Crippen molar-refractivity contribution in [3.8, 4) is 11.5 Å². The van der Waals surface area contributed by atoms with Crippen molar-refractivity contribution in [2.24, 2.45) is 0 Å². The number of phenolic OH excluding ortho intramolecular Hbond substituents is 1. The number of aliphatic hydroxyl groups is 4. The molecule has 0 aliphatic carbocycles. The van der Waals surface area contributed by atoms with E-state index in [4.69, 9.17) is 19.3 Å². The normalized spacial score (nSPS) is 30.0. The Balaban J connectivity index is 2.26. The van der Waals surface area contributed by atoms with Crippen LogP contribution in [0.15, 0.2) is 18.2 Å². The van der Waals surface area contributed by atoms with E-state index in [-0.39, 0.29) is 11.5 Å². The Labute approximate surface area is 127 Å². The van der Waals surface area contributed by atoms with Gasteiger partial charge in [0.15, 0.2) is 17.8 Å². The largest absolute Gasteiger partial charge is 0.504 e. The average Bonchev–Trinajstić information content (AvgIpc) is 2.54. The molecule has 2 rings (SSSR count). The lowest BCUT2D eigenvalue weighted by atomic mass is 10.0. The predicted molar refractivity (Wildman–Crippen MR) is 73.3 cm³/mol. The number of phenols is 1. The maximum atomic E-state index is 9.99. The van der Waals surface area contributed by atoms with Gasteiger partial charge in [-0.2, -0.15) is 0 Å². The maximum Gasteiger partial charge on any atom is 0.185 e. The quantitative estimate of drug-likeness (QED) is 0.462. The summed E-state index contributed by atoms with van der Waals surface area (Å²) >= 11 is 0. The van der Waals surface area contributed by atoms with Crippen molar-refractivity contribution in [3.63, 3.8) is 0 Å². The Kier molecular flexibility index (Phi) is 5.57. The van der Waals surface area contributed by atoms with Gasteiger partial charge in [0.05, 0.1) is 20.3 Å². The van der Waals surface area contributed by atoms with E-state index in [0.29, 0.717) is 5.56 Å². The number of methoxy groups -OCH3 is 1. The van der Waals surface area contributed by atoms with Crippen molar-refractivity contribution in [3.05, 3.63) is 23.8 Å². The summed E-state index contributed by atoms with van der Waals surface area (Å²) in [5.74, 6) is 0.142. The predicted octanol–water partition coefficient (Wildman–Crippen LogP) is -1.11. The molecule has 1 fully saturated rings. The second-order valence-electron chi connectivity index (χ2n) is 4.96. The summed E-state index contributed by atoms with van der Waals surface area (Å²) in [6, 6.07) is 4.39. The van der Waals surface area contributed by atoms with Crippen LogP contribution in [0.25, 0.3) is 0 Å². The third-order valence-electron chi connectivity index (χ3n) is 3.52. The molecule has 5 N–H and O–H groups in total. The van der Waals surface area contributed by atoms with E-state index in [9.17, 15) is 20.4 Å². The zero-order valence-corrected chi connectivity index (χ0v) is 12.0. The molecule has 5 atom stereocenters. The molecule has 1 aromatic rings. The highest BCUT2D eigenvalue weighted by Gasteiger charge is 2.42. The molecule has 0 spiro atoms. The topological polar surface area (TPSA) is 129 Å². The molecule has 0 unspecified atom stereocenters. The van der Waals surface area contributed by atoms with Gasteiger partial charge in [0.25, 0.3) is 0 Å². The van der Waals surface area contributed by atoms with Gasteiger partial charge in [-0.15, -0.1) is 0 Å². The maximum absolute atomic E-state index is 9.99. The van der Waals surface area contributed by atoms with Gasteiger partial charge in [-0.1, -0.05) is 6.07 Å². The first kappa shape index (κ1) is 16.9. The van der Waals surface area contributed by atoms with Gasteiger partial charge in [0.1, 0.15) is 24.4 Å². The molecule has 0 saturated carbocycles. The van der Waals surface area contributed by atoms with Crippen LogP contribution in [0.5, 0.6) is 11.5 Å². The molecule has 0 bridgehead atoms. The number of benzene rings is 1. The van der Waals surface area contributed by atoms with E-state index in [1.807, 2.05) is 0 Å². The zero-order valence-electron chi connectivity index (χ0n) is 12.0. The second kappa shape index (κ2) is 7.23. The van der Waals surface area contributed by atoms with Crippen molar-refractivity contribution in [1.29, 1.82) is 0 Å². The third kappa shape index (κ3) is 3.32. The second-order valence-corrected chi connectivity index (χ2v) is 4.96. The molecule has 8 nitrogen and oxygen atoms in total. The lowest BCUT2D eigenvalue weighted by Crippen LogP contribution is -2.54. The fraction of sp³-hybridized carbons (Fsp3) is 0.571. The van der Waals surface area contributed by atoms with E-state index in [1.54, 1.807) is 0 Å². The van der Waals surface area contributed by atoms with Crippen LogP contribution in [0.2, 0.25) is 0 Å². The van der Waals surface area contributed by atoms with Crippen LogP contribution in [0.3, 0.4) is 0 Å². The van der Waals surface area contributed by atoms with Crippen molar-refractivity contribution in [2.75, 3.05) is 20.3 Å².